The van der Waals surface area contributed by atoms with Gasteiger partial charge in [-0.2, -0.15) is 0 Å². The number of amides is 7. The van der Waals surface area contributed by atoms with Gasteiger partial charge in [-0.05, 0) is 133 Å². The Balaban J connectivity index is 1.79. The fourth-order valence-corrected chi connectivity index (χ4v) is 9.07. The molecule has 0 spiro atoms. The van der Waals surface area contributed by atoms with Gasteiger partial charge in [-0.1, -0.05) is 0 Å². The normalized spacial score (nSPS) is 26.1. The number of rotatable bonds is 18. The van der Waals surface area contributed by atoms with Crippen molar-refractivity contribution in [3.05, 3.63) is 51.8 Å². The number of nitrogens with zero attached hydrogens (tertiary/aromatic N) is 2. The number of benzene rings is 1. The molecule has 3 aliphatic rings. The van der Waals surface area contributed by atoms with Crippen LogP contribution in [0.25, 0.3) is 0 Å². The maximum absolute atomic E-state index is 14.0. The Labute approximate surface area is 476 Å². The van der Waals surface area contributed by atoms with Crippen molar-refractivity contribution >= 4 is 48.0 Å². The van der Waals surface area contributed by atoms with Crippen LogP contribution in [0.1, 0.15) is 115 Å². The molecule has 29 nitrogen and oxygen atoms in total. The molecule has 0 bridgehead atoms. The lowest BCUT2D eigenvalue weighted by molar-refractivity contribution is -0.384. The molecule has 10 N–H and O–H groups in total. The van der Waals surface area contributed by atoms with Crippen molar-refractivity contribution in [2.75, 3.05) is 33.3 Å². The molecule has 12 atom stereocenters. The second-order valence-corrected chi connectivity index (χ2v) is 24.4. The van der Waals surface area contributed by atoms with Crippen LogP contribution in [0, 0.1) is 16.0 Å². The Hall–Kier alpha value is -6.79. The van der Waals surface area contributed by atoms with E-state index in [-0.39, 0.29) is 44.0 Å². The third kappa shape index (κ3) is 21.5. The van der Waals surface area contributed by atoms with Crippen LogP contribution < -0.4 is 31.9 Å². The highest BCUT2D eigenvalue weighted by Gasteiger charge is 2.56. The van der Waals surface area contributed by atoms with Crippen LogP contribution in [0.15, 0.2) is 36.1 Å². The lowest BCUT2D eigenvalue weighted by atomic mass is 9.72. The number of ether oxygens (including phenoxy) is 8. The fraction of sp³-hybridized carbons (Fsp3) is 0.717. The van der Waals surface area contributed by atoms with Gasteiger partial charge in [0.25, 0.3) is 5.69 Å². The van der Waals surface area contributed by atoms with Crippen molar-refractivity contribution in [3.63, 3.8) is 0 Å². The van der Waals surface area contributed by atoms with Gasteiger partial charge in [0.05, 0.1) is 42.3 Å². The molecule has 2 aliphatic heterocycles. The second kappa shape index (κ2) is 28.0. The summed E-state index contributed by atoms with van der Waals surface area (Å²) in [7, 11) is 1.27. The minimum Gasteiger partial charge on any atom is -0.491 e. The van der Waals surface area contributed by atoms with Gasteiger partial charge in [-0.15, -0.1) is 0 Å². The molecular formula is C53H84N8O21. The van der Waals surface area contributed by atoms with E-state index in [4.69, 9.17) is 37.9 Å². The number of hydrogen-bond donors (Lipinski definition) is 10. The molecule has 82 heavy (non-hydrogen) atoms. The summed E-state index contributed by atoms with van der Waals surface area (Å²) in [6.45, 7) is 18.6. The number of aliphatic hydroxyl groups excluding tert-OH is 3. The van der Waals surface area contributed by atoms with Crippen molar-refractivity contribution in [2.24, 2.45) is 5.92 Å². The molecule has 2 heterocycles. The summed E-state index contributed by atoms with van der Waals surface area (Å²) in [5.41, 5.74) is -5.55. The summed E-state index contributed by atoms with van der Waals surface area (Å²) < 4.78 is 46.0. The average Bonchev–Trinajstić information content (AvgIpc) is 3.49. The molecule has 2 fully saturated rings. The summed E-state index contributed by atoms with van der Waals surface area (Å²) in [5.74, 6) is -3.21. The molecule has 4 rings (SSSR count). The van der Waals surface area contributed by atoms with Crippen molar-refractivity contribution in [1.82, 2.24) is 36.8 Å². The maximum Gasteiger partial charge on any atom is 0.410 e. The Morgan fingerprint density at radius 2 is 1.34 bits per heavy atom. The van der Waals surface area contributed by atoms with Gasteiger partial charge in [-0.3, -0.25) is 19.7 Å². The monoisotopic (exact) mass is 1170 g/mol. The Kier molecular flexibility index (Phi) is 23.1. The predicted molar refractivity (Wildman–Crippen MR) is 288 cm³/mol. The van der Waals surface area contributed by atoms with Gasteiger partial charge in [-0.25, -0.2) is 24.0 Å². The van der Waals surface area contributed by atoms with Gasteiger partial charge in [0.1, 0.15) is 71.3 Å². The molecule has 1 aliphatic carbocycles. The van der Waals surface area contributed by atoms with E-state index < -0.39 is 162 Å². The maximum atomic E-state index is 14.0. The quantitative estimate of drug-likeness (QED) is 0.0574. The number of nitrogens with one attached hydrogen (secondary N) is 6. The smallest absolute Gasteiger partial charge is 0.410 e. The fourth-order valence-electron chi connectivity index (χ4n) is 9.07. The first-order valence-electron chi connectivity index (χ1n) is 26.7. The van der Waals surface area contributed by atoms with Crippen LogP contribution in [0.5, 0.6) is 0 Å². The molecule has 1 saturated heterocycles. The minimum absolute atomic E-state index is 0.0511. The second-order valence-electron chi connectivity index (χ2n) is 24.4. The molecule has 1 aromatic carbocycles. The third-order valence-electron chi connectivity index (χ3n) is 12.4. The summed E-state index contributed by atoms with van der Waals surface area (Å²) >= 11 is 0. The average molecular weight is 1170 g/mol. The highest BCUT2D eigenvalue weighted by atomic mass is 16.7. The molecule has 29 heteroatoms. The summed E-state index contributed by atoms with van der Waals surface area (Å²) in [4.78, 5) is 105. The highest BCUT2D eigenvalue weighted by molar-refractivity contribution is 5.83. The van der Waals surface area contributed by atoms with Crippen molar-refractivity contribution in [3.8, 4) is 0 Å². The SMILES string of the molecule is CN(C(=O)OC(C)(C)C)[C@@H]1[C@@H](O)[C@@H](O[C@@H]2[C@@H](O)[C@H](C3OC(CNC(=O)OCc4ccc([N+](=O)[O-])cc4)=CC[C@H]3NC(=O)CNC(=O)OC(C)(C)C)[C@@H](NC(=O)OC(C)(C)C)C[C@H]2NC(=O)[C@@H](O)CCNC(=O)OC(C)(C)C)OC[C@]1(C)O. The molecule has 1 aromatic rings. The number of non-ortho nitro benzene ring substituents is 1. The molecule has 0 aromatic heterocycles. The van der Waals surface area contributed by atoms with Crippen LogP contribution in [-0.2, 0) is 54.1 Å². The van der Waals surface area contributed by atoms with Gasteiger partial charge in [0.15, 0.2) is 6.29 Å². The summed E-state index contributed by atoms with van der Waals surface area (Å²) in [6.07, 6.45) is -14.6. The highest BCUT2D eigenvalue weighted by Crippen LogP contribution is 2.39. The Morgan fingerprint density at radius 1 is 0.768 bits per heavy atom. The first-order chi connectivity index (χ1) is 37.7. The molecule has 7 amide bonds. The van der Waals surface area contributed by atoms with E-state index in [1.54, 1.807) is 83.1 Å². The van der Waals surface area contributed by atoms with Crippen molar-refractivity contribution < 1.29 is 96.8 Å². The van der Waals surface area contributed by atoms with Crippen LogP contribution in [0.4, 0.5) is 29.7 Å². The largest absolute Gasteiger partial charge is 0.491 e. The standard InChI is InChI=1S/C53H84N8O21/c1-49(2,3)79-45(68)54-22-21-34(62)42(66)58-33-23-32(59-47(70)81-51(7,8)9)36(37(64)40(33)78-43-38(65)41(53(13,72)27-76-43)60(14)48(71)82-52(10,11)12)39-31(57-35(63)25-56-46(69)80-50(4,5)6)20-19-30(77-39)24-55-44(67)75-26-28-15-17-29(18-16-28)61(73)74/h15-19,31-34,36-41,43,62,64-65,72H,20-27H2,1-14H3,(H,54,68)(H,55,67)(H,56,69)(H,57,63)(H,58,66)(H,59,70)/t31-,32+,33-,34+,36-,37+,38-,39?,40+,41-,43-,53+/m1/s1. The molecule has 1 unspecified atom stereocenters. The number of nitro benzene ring substituents is 1. The number of carbonyl (C=O) groups is 7. The zero-order valence-electron chi connectivity index (χ0n) is 49.0. The van der Waals surface area contributed by atoms with E-state index in [1.807, 2.05) is 0 Å². The number of likely N-dealkylation sites (N-methyl/N-ethyl adjacent to an activating group) is 1. The van der Waals surface area contributed by atoms with Crippen LogP contribution in [0.3, 0.4) is 0 Å². The third-order valence-corrected chi connectivity index (χ3v) is 12.4. The van der Waals surface area contributed by atoms with Gasteiger partial charge in [0, 0.05) is 37.7 Å². The number of alkyl carbamates (subject to hydrolysis) is 4. The topological polar surface area (TPSA) is 393 Å². The number of nitro groups is 1. The summed E-state index contributed by atoms with van der Waals surface area (Å²) in [5, 5.41) is 74.6. The first kappa shape index (κ1) is 67.7. The Bertz CT molecular complexity index is 2430. The lowest BCUT2D eigenvalue weighted by Gasteiger charge is -2.52. The molecule has 0 radical (unpaired) electrons. The van der Waals surface area contributed by atoms with Crippen molar-refractivity contribution in [2.45, 2.75) is 205 Å². The zero-order valence-corrected chi connectivity index (χ0v) is 49.0. The van der Waals surface area contributed by atoms with Crippen molar-refractivity contribution in [1.29, 1.82) is 0 Å². The lowest BCUT2D eigenvalue weighted by Crippen LogP contribution is -2.71. The summed E-state index contributed by atoms with van der Waals surface area (Å²) in [6, 6.07) is -0.105. The van der Waals surface area contributed by atoms with E-state index in [9.17, 15) is 64.1 Å². The van der Waals surface area contributed by atoms with Crippen LogP contribution in [0.2, 0.25) is 0 Å². The molecule has 1 saturated carbocycles. The van der Waals surface area contributed by atoms with E-state index in [2.05, 4.69) is 31.9 Å². The molecule has 462 valence electrons. The van der Waals surface area contributed by atoms with E-state index in [0.717, 1.165) is 4.90 Å². The Morgan fingerprint density at radius 3 is 1.91 bits per heavy atom. The first-order valence-corrected chi connectivity index (χ1v) is 26.7. The van der Waals surface area contributed by atoms with E-state index in [0.29, 0.717) is 5.56 Å². The van der Waals surface area contributed by atoms with Gasteiger partial charge >= 0.3 is 30.5 Å². The van der Waals surface area contributed by atoms with Gasteiger partial charge < -0.3 is 95.1 Å². The minimum atomic E-state index is -1.96. The van der Waals surface area contributed by atoms with Crippen LogP contribution in [-0.4, -0.2) is 195 Å². The number of aliphatic hydroxyl groups is 4. The predicted octanol–water partition coefficient (Wildman–Crippen LogP) is 2.63. The molecular weight excluding hydrogens is 1080 g/mol. The van der Waals surface area contributed by atoms with Gasteiger partial charge in [0.2, 0.25) is 11.8 Å². The zero-order chi connectivity index (χ0) is 61.9. The van der Waals surface area contributed by atoms with E-state index in [1.165, 1.54) is 44.3 Å². The number of hydrogen-bond acceptors (Lipinski definition) is 21. The van der Waals surface area contributed by atoms with E-state index >= 15 is 0 Å². The van der Waals surface area contributed by atoms with Crippen LogP contribution >= 0.6 is 0 Å². The number of carbonyl (C=O) groups excluding carboxylic acids is 7.